The van der Waals surface area contributed by atoms with Gasteiger partial charge in [0.15, 0.2) is 0 Å². The van der Waals surface area contributed by atoms with Crippen LogP contribution in [0.1, 0.15) is 44.0 Å². The molecule has 0 aliphatic carbocycles. The van der Waals surface area contributed by atoms with Crippen LogP contribution in [-0.2, 0) is 0 Å². The fraction of sp³-hybridized carbons (Fsp3) is 0.533. The number of carbonyl (C=O) groups is 1. The number of carbonyl (C=O) groups excluding carboxylic acids is 1. The molecule has 0 unspecified atom stereocenters. The number of benzene rings is 1. The second-order valence-corrected chi connectivity index (χ2v) is 5.28. The van der Waals surface area contributed by atoms with Crippen LogP contribution in [0.3, 0.4) is 0 Å². The predicted molar refractivity (Wildman–Crippen MR) is 81.8 cm³/mol. The van der Waals surface area contributed by atoms with E-state index in [-0.39, 0.29) is 5.91 Å². The van der Waals surface area contributed by atoms with Crippen molar-refractivity contribution in [3.63, 3.8) is 0 Å². The molecule has 1 amide bonds. The van der Waals surface area contributed by atoms with Gasteiger partial charge in [-0.15, -0.1) is 0 Å². The average molecular weight is 328 g/mol. The molecular formula is C15H22BrNO2. The lowest BCUT2D eigenvalue weighted by molar-refractivity contribution is 0.0751. The molecule has 3 nitrogen and oxygen atoms in total. The summed E-state index contributed by atoms with van der Waals surface area (Å²) in [6.45, 7) is 8.21. The maximum Gasteiger partial charge on any atom is 0.257 e. The van der Waals surface area contributed by atoms with Gasteiger partial charge in [-0.25, -0.2) is 0 Å². The monoisotopic (exact) mass is 327 g/mol. The van der Waals surface area contributed by atoms with E-state index < -0.39 is 0 Å². The quantitative estimate of drug-likeness (QED) is 0.754. The molecule has 19 heavy (non-hydrogen) atoms. The molecule has 0 aliphatic rings. The summed E-state index contributed by atoms with van der Waals surface area (Å²) in [5.41, 5.74) is 0.637. The van der Waals surface area contributed by atoms with Gasteiger partial charge >= 0.3 is 0 Å². The maximum atomic E-state index is 12.6. The molecule has 1 rings (SSSR count). The van der Waals surface area contributed by atoms with Gasteiger partial charge in [0.05, 0.1) is 12.2 Å². The van der Waals surface area contributed by atoms with Crippen molar-refractivity contribution in [2.24, 2.45) is 0 Å². The first kappa shape index (κ1) is 16.0. The average Bonchev–Trinajstić information content (AvgIpc) is 2.40. The van der Waals surface area contributed by atoms with Crippen molar-refractivity contribution in [1.82, 2.24) is 4.90 Å². The highest BCUT2D eigenvalue weighted by molar-refractivity contribution is 9.10. The molecule has 0 aliphatic heterocycles. The number of amides is 1. The molecule has 0 aromatic heterocycles. The zero-order chi connectivity index (χ0) is 14.3. The molecule has 1 aromatic rings. The van der Waals surface area contributed by atoms with E-state index in [1.165, 1.54) is 0 Å². The number of halogens is 1. The van der Waals surface area contributed by atoms with Crippen LogP contribution in [-0.4, -0.2) is 30.5 Å². The number of rotatable bonds is 7. The lowest BCUT2D eigenvalue weighted by Gasteiger charge is -2.22. The van der Waals surface area contributed by atoms with Crippen LogP contribution in [0, 0.1) is 0 Å². The highest BCUT2D eigenvalue weighted by atomic mass is 79.9. The molecule has 0 heterocycles. The van der Waals surface area contributed by atoms with E-state index in [1.54, 1.807) is 0 Å². The van der Waals surface area contributed by atoms with Gasteiger partial charge in [0.25, 0.3) is 5.91 Å². The molecule has 1 aromatic carbocycles. The molecule has 4 heteroatoms. The predicted octanol–water partition coefficient (Wildman–Crippen LogP) is 4.11. The second-order valence-electron chi connectivity index (χ2n) is 4.37. The topological polar surface area (TPSA) is 29.5 Å². The Balaban J connectivity index is 3.03. The van der Waals surface area contributed by atoms with Gasteiger partial charge in [0.2, 0.25) is 0 Å². The van der Waals surface area contributed by atoms with Gasteiger partial charge in [-0.2, -0.15) is 0 Å². The van der Waals surface area contributed by atoms with Gasteiger partial charge in [-0.3, -0.25) is 4.79 Å². The van der Waals surface area contributed by atoms with Gasteiger partial charge < -0.3 is 9.64 Å². The summed E-state index contributed by atoms with van der Waals surface area (Å²) >= 11 is 3.42. The third-order valence-electron chi connectivity index (χ3n) is 2.75. The molecule has 0 radical (unpaired) electrons. The van der Waals surface area contributed by atoms with Crippen molar-refractivity contribution < 1.29 is 9.53 Å². The van der Waals surface area contributed by atoms with E-state index in [1.807, 2.05) is 30.0 Å². The molecule has 0 saturated carbocycles. The van der Waals surface area contributed by atoms with E-state index in [9.17, 15) is 4.79 Å². The van der Waals surface area contributed by atoms with Crippen LogP contribution in [0.2, 0.25) is 0 Å². The summed E-state index contributed by atoms with van der Waals surface area (Å²) in [4.78, 5) is 14.5. The first-order valence-electron chi connectivity index (χ1n) is 6.85. The Hall–Kier alpha value is -1.03. The number of hydrogen-bond donors (Lipinski definition) is 0. The summed E-state index contributed by atoms with van der Waals surface area (Å²) in [7, 11) is 0. The van der Waals surface area contributed by atoms with E-state index in [0.717, 1.165) is 30.4 Å². The van der Waals surface area contributed by atoms with Crippen molar-refractivity contribution in [3.8, 4) is 5.75 Å². The Morgan fingerprint density at radius 3 is 2.37 bits per heavy atom. The van der Waals surface area contributed by atoms with Crippen molar-refractivity contribution in [1.29, 1.82) is 0 Å². The van der Waals surface area contributed by atoms with Gasteiger partial charge in [-0.1, -0.05) is 29.8 Å². The molecule has 0 spiro atoms. The van der Waals surface area contributed by atoms with E-state index in [0.29, 0.717) is 17.9 Å². The van der Waals surface area contributed by atoms with E-state index in [2.05, 4.69) is 29.8 Å². The summed E-state index contributed by atoms with van der Waals surface area (Å²) in [6, 6.07) is 5.58. The number of ether oxygens (including phenoxy) is 1. The third kappa shape index (κ3) is 4.53. The zero-order valence-electron chi connectivity index (χ0n) is 11.9. The second kappa shape index (κ2) is 8.20. The summed E-state index contributed by atoms with van der Waals surface area (Å²) in [5, 5.41) is 0. The summed E-state index contributed by atoms with van der Waals surface area (Å²) in [5.74, 6) is 0.710. The van der Waals surface area contributed by atoms with Crippen molar-refractivity contribution in [2.75, 3.05) is 19.7 Å². The zero-order valence-corrected chi connectivity index (χ0v) is 13.5. The molecular weight excluding hydrogens is 306 g/mol. The Bertz CT molecular complexity index is 415. The Labute approximate surface area is 124 Å². The van der Waals surface area contributed by atoms with E-state index >= 15 is 0 Å². The van der Waals surface area contributed by atoms with Crippen LogP contribution in [0.25, 0.3) is 0 Å². The fourth-order valence-electron chi connectivity index (χ4n) is 1.98. The largest absolute Gasteiger partial charge is 0.493 e. The maximum absolute atomic E-state index is 12.6. The smallest absolute Gasteiger partial charge is 0.257 e. The SMILES string of the molecule is CCCN(CCC)C(=O)c1cc(Br)ccc1OCC. The van der Waals surface area contributed by atoms with Crippen molar-refractivity contribution in [3.05, 3.63) is 28.2 Å². The van der Waals surface area contributed by atoms with Crippen LogP contribution >= 0.6 is 15.9 Å². The van der Waals surface area contributed by atoms with Gasteiger partial charge in [0, 0.05) is 17.6 Å². The van der Waals surface area contributed by atoms with Crippen molar-refractivity contribution >= 4 is 21.8 Å². The van der Waals surface area contributed by atoms with Crippen LogP contribution in [0.15, 0.2) is 22.7 Å². The number of hydrogen-bond acceptors (Lipinski definition) is 2. The van der Waals surface area contributed by atoms with Crippen LogP contribution in [0.5, 0.6) is 5.75 Å². The fourth-order valence-corrected chi connectivity index (χ4v) is 2.34. The van der Waals surface area contributed by atoms with Gasteiger partial charge in [-0.05, 0) is 38.0 Å². The lowest BCUT2D eigenvalue weighted by atomic mass is 10.1. The number of nitrogens with zero attached hydrogens (tertiary/aromatic N) is 1. The standard InChI is InChI=1S/C15H22BrNO2/c1-4-9-17(10-5-2)15(18)13-11-12(16)7-8-14(13)19-6-3/h7-8,11H,4-6,9-10H2,1-3H3. The Kier molecular flexibility index (Phi) is 6.92. The molecule has 0 atom stereocenters. The van der Waals surface area contributed by atoms with Crippen LogP contribution < -0.4 is 4.74 Å². The first-order valence-corrected chi connectivity index (χ1v) is 7.64. The minimum absolute atomic E-state index is 0.0495. The minimum atomic E-state index is 0.0495. The summed E-state index contributed by atoms with van der Waals surface area (Å²) < 4.78 is 6.45. The normalized spacial score (nSPS) is 10.3. The molecule has 0 N–H and O–H groups in total. The lowest BCUT2D eigenvalue weighted by Crippen LogP contribution is -2.32. The molecule has 106 valence electrons. The highest BCUT2D eigenvalue weighted by Crippen LogP contribution is 2.25. The Morgan fingerprint density at radius 1 is 1.21 bits per heavy atom. The summed E-state index contributed by atoms with van der Waals surface area (Å²) in [6.07, 6.45) is 1.92. The highest BCUT2D eigenvalue weighted by Gasteiger charge is 2.19. The van der Waals surface area contributed by atoms with E-state index in [4.69, 9.17) is 4.74 Å². The molecule has 0 bridgehead atoms. The van der Waals surface area contributed by atoms with Crippen molar-refractivity contribution in [2.45, 2.75) is 33.6 Å². The van der Waals surface area contributed by atoms with Gasteiger partial charge in [0.1, 0.15) is 5.75 Å². The third-order valence-corrected chi connectivity index (χ3v) is 3.24. The molecule has 0 saturated heterocycles. The van der Waals surface area contributed by atoms with Crippen LogP contribution in [0.4, 0.5) is 0 Å². The first-order chi connectivity index (χ1) is 9.13. The molecule has 0 fully saturated rings. The Morgan fingerprint density at radius 2 is 1.84 bits per heavy atom. The minimum Gasteiger partial charge on any atom is -0.493 e.